The summed E-state index contributed by atoms with van der Waals surface area (Å²) >= 11 is 0. The zero-order chi connectivity index (χ0) is 59.2. The Morgan fingerprint density at radius 3 is 0.744 bits per heavy atom. The van der Waals surface area contributed by atoms with Crippen molar-refractivity contribution in [2.45, 2.75) is 277 Å². The van der Waals surface area contributed by atoms with Crippen LogP contribution in [0, 0.1) is 0 Å². The summed E-state index contributed by atoms with van der Waals surface area (Å²) in [6.45, 7) is 6.36. The predicted octanol–water partition coefficient (Wildman–Crippen LogP) is 23.0. The summed E-state index contributed by atoms with van der Waals surface area (Å²) in [4.78, 5) is 38.3. The van der Waals surface area contributed by atoms with Crippen LogP contribution in [-0.4, -0.2) is 37.2 Å². The highest BCUT2D eigenvalue weighted by atomic mass is 16.6. The number of carbonyl (C=O) groups excluding carboxylic acids is 3. The van der Waals surface area contributed by atoms with Crippen LogP contribution in [0.4, 0.5) is 0 Å². The first-order valence-electron chi connectivity index (χ1n) is 33.1. The van der Waals surface area contributed by atoms with Crippen LogP contribution in [0.5, 0.6) is 0 Å². The summed E-state index contributed by atoms with van der Waals surface area (Å²) in [7, 11) is 0. The van der Waals surface area contributed by atoms with E-state index in [1.807, 2.05) is 0 Å². The Labute approximate surface area is 504 Å². The Morgan fingerprint density at radius 2 is 0.476 bits per heavy atom. The first-order chi connectivity index (χ1) is 40.5. The average Bonchev–Trinajstić information content (AvgIpc) is 3.47. The molecule has 0 aromatic rings. The smallest absolute Gasteiger partial charge is 0.306 e. The molecule has 0 aliphatic rings. The SMILES string of the molecule is CC/C=C\C/C=C\C/C=C\C/C=C\C/C=C\C/C=C\C/C=C\C/C=C\CCCCCCC(=O)OCC(COC(=O)CCCCCCCCCCCCCC)OC(=O)CCCCCC/C=C\C/C=C\C/C=C\C/C=C\C/C=C\C/C=C\CC. The predicted molar refractivity (Wildman–Crippen MR) is 357 cm³/mol. The Morgan fingerprint density at radius 1 is 0.256 bits per heavy atom. The molecule has 0 bridgehead atoms. The lowest BCUT2D eigenvalue weighted by Gasteiger charge is -2.18. The van der Waals surface area contributed by atoms with Crippen molar-refractivity contribution in [3.63, 3.8) is 0 Å². The maximum Gasteiger partial charge on any atom is 0.306 e. The van der Waals surface area contributed by atoms with E-state index < -0.39 is 6.10 Å². The number of rotatable bonds is 58. The number of carbonyl (C=O) groups is 3. The molecule has 0 spiro atoms. The maximum absolute atomic E-state index is 12.9. The molecule has 0 aliphatic heterocycles. The molecule has 82 heavy (non-hydrogen) atoms. The number of hydrogen-bond donors (Lipinski definition) is 0. The molecule has 0 rings (SSSR count). The quantitative estimate of drug-likeness (QED) is 0.0261. The highest BCUT2D eigenvalue weighted by molar-refractivity contribution is 5.71. The van der Waals surface area contributed by atoms with Gasteiger partial charge in [-0.2, -0.15) is 0 Å². The fraction of sp³-hybridized carbons (Fsp3) is 0.592. The summed E-state index contributed by atoms with van der Waals surface area (Å²) in [6, 6.07) is 0. The monoisotopic (exact) mass is 1130 g/mol. The first-order valence-corrected chi connectivity index (χ1v) is 33.1. The molecule has 0 saturated heterocycles. The molecule has 0 fully saturated rings. The van der Waals surface area contributed by atoms with Gasteiger partial charge in [-0.05, 0) is 135 Å². The molecular weight excluding hydrogens is 1010 g/mol. The third-order valence-electron chi connectivity index (χ3n) is 13.5. The van der Waals surface area contributed by atoms with Gasteiger partial charge in [0.2, 0.25) is 0 Å². The van der Waals surface area contributed by atoms with Crippen LogP contribution in [-0.2, 0) is 28.6 Å². The lowest BCUT2D eigenvalue weighted by atomic mass is 10.0. The van der Waals surface area contributed by atoms with E-state index in [1.165, 1.54) is 57.8 Å². The molecule has 0 heterocycles. The number of hydrogen-bond acceptors (Lipinski definition) is 6. The number of ether oxygens (including phenoxy) is 3. The Kier molecular flexibility index (Phi) is 63.9. The van der Waals surface area contributed by atoms with Crippen LogP contribution in [0.15, 0.2) is 170 Å². The first kappa shape index (κ1) is 76.8. The van der Waals surface area contributed by atoms with Gasteiger partial charge in [0.15, 0.2) is 6.10 Å². The molecule has 6 heteroatoms. The van der Waals surface area contributed by atoms with Gasteiger partial charge in [0.05, 0.1) is 0 Å². The van der Waals surface area contributed by atoms with Crippen molar-refractivity contribution in [2.75, 3.05) is 13.2 Å². The van der Waals surface area contributed by atoms with E-state index >= 15 is 0 Å². The van der Waals surface area contributed by atoms with Crippen LogP contribution in [0.2, 0.25) is 0 Å². The maximum atomic E-state index is 12.9. The van der Waals surface area contributed by atoms with Gasteiger partial charge in [-0.25, -0.2) is 0 Å². The Balaban J connectivity index is 4.45. The van der Waals surface area contributed by atoms with Crippen LogP contribution in [0.3, 0.4) is 0 Å². The second-order valence-corrected chi connectivity index (χ2v) is 21.3. The number of unbranched alkanes of at least 4 members (excludes halogenated alkanes) is 19. The lowest BCUT2D eigenvalue weighted by Crippen LogP contribution is -2.30. The fourth-order valence-electron chi connectivity index (χ4n) is 8.58. The second kappa shape index (κ2) is 68.3. The number of allylic oxidation sites excluding steroid dienone is 28. The van der Waals surface area contributed by atoms with E-state index in [9.17, 15) is 14.4 Å². The van der Waals surface area contributed by atoms with Crippen LogP contribution >= 0.6 is 0 Å². The highest BCUT2D eigenvalue weighted by Crippen LogP contribution is 2.15. The van der Waals surface area contributed by atoms with E-state index in [2.05, 4.69) is 191 Å². The summed E-state index contributed by atoms with van der Waals surface area (Å²) in [5, 5.41) is 0. The van der Waals surface area contributed by atoms with Gasteiger partial charge in [0.25, 0.3) is 0 Å². The van der Waals surface area contributed by atoms with E-state index in [0.29, 0.717) is 12.8 Å². The van der Waals surface area contributed by atoms with Crippen molar-refractivity contribution in [2.24, 2.45) is 0 Å². The average molecular weight is 1130 g/mol. The Hall–Kier alpha value is -5.23. The van der Waals surface area contributed by atoms with Crippen molar-refractivity contribution in [3.8, 4) is 0 Å². The topological polar surface area (TPSA) is 78.9 Å². The minimum Gasteiger partial charge on any atom is -0.462 e. The van der Waals surface area contributed by atoms with Gasteiger partial charge in [0.1, 0.15) is 13.2 Å². The minimum absolute atomic E-state index is 0.102. The van der Waals surface area contributed by atoms with E-state index in [1.54, 1.807) is 0 Å². The van der Waals surface area contributed by atoms with Crippen molar-refractivity contribution in [3.05, 3.63) is 170 Å². The van der Waals surface area contributed by atoms with Crippen molar-refractivity contribution in [1.82, 2.24) is 0 Å². The minimum atomic E-state index is -0.811. The zero-order valence-corrected chi connectivity index (χ0v) is 52.7. The van der Waals surface area contributed by atoms with E-state index in [0.717, 1.165) is 173 Å². The van der Waals surface area contributed by atoms with Crippen molar-refractivity contribution >= 4 is 17.9 Å². The molecule has 0 aromatic carbocycles. The molecule has 0 amide bonds. The lowest BCUT2D eigenvalue weighted by molar-refractivity contribution is -0.167. The van der Waals surface area contributed by atoms with Gasteiger partial charge in [0, 0.05) is 19.3 Å². The van der Waals surface area contributed by atoms with Crippen molar-refractivity contribution in [1.29, 1.82) is 0 Å². The number of esters is 3. The fourth-order valence-corrected chi connectivity index (χ4v) is 8.58. The molecule has 0 aliphatic carbocycles. The Bertz CT molecular complexity index is 1870. The molecule has 1 atom stereocenters. The van der Waals surface area contributed by atoms with E-state index in [-0.39, 0.29) is 37.5 Å². The van der Waals surface area contributed by atoms with Crippen LogP contribution < -0.4 is 0 Å². The van der Waals surface area contributed by atoms with Crippen LogP contribution in [0.25, 0.3) is 0 Å². The molecule has 0 radical (unpaired) electrons. The molecule has 0 N–H and O–H groups in total. The second-order valence-electron chi connectivity index (χ2n) is 21.3. The zero-order valence-electron chi connectivity index (χ0n) is 52.7. The van der Waals surface area contributed by atoms with Gasteiger partial charge in [-0.1, -0.05) is 287 Å². The third-order valence-corrected chi connectivity index (χ3v) is 13.5. The highest BCUT2D eigenvalue weighted by Gasteiger charge is 2.19. The molecular formula is C76H120O6. The van der Waals surface area contributed by atoms with Gasteiger partial charge in [-0.15, -0.1) is 0 Å². The summed E-state index contributed by atoms with van der Waals surface area (Å²) < 4.78 is 16.9. The van der Waals surface area contributed by atoms with Crippen molar-refractivity contribution < 1.29 is 28.6 Å². The van der Waals surface area contributed by atoms with Gasteiger partial charge < -0.3 is 14.2 Å². The molecule has 1 unspecified atom stereocenters. The van der Waals surface area contributed by atoms with Gasteiger partial charge in [-0.3, -0.25) is 14.4 Å². The standard InChI is InChI=1S/C76H120O6/c1-4-7-10-13-16-19-22-25-27-29-31-33-35-36-37-38-39-40-42-43-45-47-49-51-54-57-60-63-66-69-75(78)81-72-73(71-80-74(77)68-65-62-59-56-53-24-21-18-15-12-9-6-3)82-76(79)70-67-64-61-58-55-52-50-48-46-44-41-34-32-30-28-26-23-20-17-14-11-8-5-2/h7-8,10-11,16-17,19-20,25-28,31-34,36-37,39-40,43-46,49-52,73H,4-6,9,12-15,18,21-24,29-30,35,38,41-42,47-48,53-72H2,1-3H3/b10-7-,11-8-,19-16-,20-17-,27-25-,28-26-,33-31-,34-32-,37-36-,40-39-,45-43-,46-44-,51-49-,52-50-. The third kappa shape index (κ3) is 65.6. The summed E-state index contributed by atoms with van der Waals surface area (Å²) in [6.07, 6.45) is 101. The molecule has 0 saturated carbocycles. The largest absolute Gasteiger partial charge is 0.462 e. The molecule has 6 nitrogen and oxygen atoms in total. The summed E-state index contributed by atoms with van der Waals surface area (Å²) in [5.74, 6) is -0.956. The summed E-state index contributed by atoms with van der Waals surface area (Å²) in [5.41, 5.74) is 0. The van der Waals surface area contributed by atoms with E-state index in [4.69, 9.17) is 14.2 Å². The molecule has 0 aromatic heterocycles. The normalized spacial score (nSPS) is 13.3. The van der Waals surface area contributed by atoms with Gasteiger partial charge >= 0.3 is 17.9 Å². The van der Waals surface area contributed by atoms with Crippen LogP contribution in [0.1, 0.15) is 271 Å². The molecule has 460 valence electrons.